The van der Waals surface area contributed by atoms with Gasteiger partial charge in [0.1, 0.15) is 53.9 Å². The van der Waals surface area contributed by atoms with E-state index in [1.54, 1.807) is 35.0 Å². The van der Waals surface area contributed by atoms with E-state index in [1.165, 1.54) is 21.0 Å². The van der Waals surface area contributed by atoms with Crippen molar-refractivity contribution >= 4 is 11.9 Å². The molecule has 3 saturated heterocycles. The summed E-state index contributed by atoms with van der Waals surface area (Å²) in [6, 6.07) is 0. The van der Waals surface area contributed by atoms with Gasteiger partial charge in [-0.25, -0.2) is 0 Å². The van der Waals surface area contributed by atoms with Crippen LogP contribution in [0.5, 0.6) is 0 Å². The Morgan fingerprint density at radius 3 is 1.86 bits per heavy atom. The van der Waals surface area contributed by atoms with Crippen molar-refractivity contribution in [3.63, 3.8) is 0 Å². The summed E-state index contributed by atoms with van der Waals surface area (Å²) >= 11 is 0. The fourth-order valence-electron chi connectivity index (χ4n) is 13.7. The van der Waals surface area contributed by atoms with Gasteiger partial charge in [-0.15, -0.1) is 0 Å². The van der Waals surface area contributed by atoms with Crippen LogP contribution in [0.1, 0.15) is 120 Å². The molecule has 3 heterocycles. The van der Waals surface area contributed by atoms with E-state index < -0.39 is 138 Å². The normalized spacial score (nSPS) is 52.2. The third-order valence-corrected chi connectivity index (χ3v) is 17.3. The average molecular weight is 917 g/mol. The maximum absolute atomic E-state index is 12.9. The highest BCUT2D eigenvalue weighted by molar-refractivity contribution is 5.67. The highest BCUT2D eigenvalue weighted by Crippen LogP contribution is 2.72. The van der Waals surface area contributed by atoms with Gasteiger partial charge < -0.3 is 77.6 Å². The van der Waals surface area contributed by atoms with Crippen LogP contribution >= 0.6 is 0 Å². The van der Waals surface area contributed by atoms with E-state index in [2.05, 4.69) is 6.92 Å². The molecule has 4 aliphatic carbocycles. The molecule has 23 unspecified atom stereocenters. The number of aliphatic hydroxyl groups excluding tert-OH is 2. The Hall–Kier alpha value is -1.62. The molecule has 0 spiro atoms. The molecule has 7 rings (SSSR count). The van der Waals surface area contributed by atoms with Crippen molar-refractivity contribution in [2.45, 2.75) is 235 Å². The van der Waals surface area contributed by atoms with Gasteiger partial charge in [0.2, 0.25) is 0 Å². The molecule has 0 aromatic carbocycles. The van der Waals surface area contributed by atoms with Gasteiger partial charge in [-0.1, -0.05) is 13.8 Å². The molecule has 7 aliphatic rings. The van der Waals surface area contributed by atoms with Crippen LogP contribution in [0.4, 0.5) is 0 Å². The molecule has 5 N–H and O–H groups in total. The van der Waals surface area contributed by atoms with Gasteiger partial charge in [-0.05, 0) is 96.3 Å². The molecule has 0 aromatic heterocycles. The van der Waals surface area contributed by atoms with Crippen molar-refractivity contribution in [2.75, 3.05) is 21.3 Å². The van der Waals surface area contributed by atoms with Gasteiger partial charge in [0.25, 0.3) is 0 Å². The van der Waals surface area contributed by atoms with Crippen LogP contribution in [0.2, 0.25) is 0 Å². The first-order valence-corrected chi connectivity index (χ1v) is 23.4. The third kappa shape index (κ3) is 8.28. The van der Waals surface area contributed by atoms with Gasteiger partial charge in [0.05, 0.1) is 47.6 Å². The number of hydrogen-bond acceptors (Lipinski definition) is 18. The Kier molecular flexibility index (Phi) is 14.7. The largest absolute Gasteiger partial charge is 0.462 e. The Morgan fingerprint density at radius 1 is 0.672 bits per heavy atom. The lowest BCUT2D eigenvalue weighted by Gasteiger charge is -2.69. The fourth-order valence-corrected chi connectivity index (χ4v) is 13.7. The van der Waals surface area contributed by atoms with E-state index in [-0.39, 0.29) is 37.7 Å². The third-order valence-electron chi connectivity index (χ3n) is 17.3. The molecule has 18 nitrogen and oxygen atoms in total. The molecule has 18 heteroatoms. The SMILES string of the molecule is COC1CC(OC2CCC3(C)C(CCC4(O)C3CC(OC(C)=O)C3(C)C(O)(C(C)OC(C)=O)CCC43O)C2)OC(C)C1OC1CC(OC)C(OC2OC(C)C(O)C(OC)C2O)C(C)O1. The first kappa shape index (κ1) is 50.3. The summed E-state index contributed by atoms with van der Waals surface area (Å²) in [6.07, 6.45) is -7.31. The highest BCUT2D eigenvalue weighted by Gasteiger charge is 2.82. The van der Waals surface area contributed by atoms with Crippen molar-refractivity contribution < 1.29 is 87.2 Å². The molecule has 7 fully saturated rings. The lowest BCUT2D eigenvalue weighted by atomic mass is 9.40. The number of aliphatic hydroxyl groups is 5. The van der Waals surface area contributed by atoms with E-state index in [0.717, 1.165) is 0 Å². The van der Waals surface area contributed by atoms with Crippen LogP contribution in [0.25, 0.3) is 0 Å². The molecule has 64 heavy (non-hydrogen) atoms. The minimum atomic E-state index is -1.85. The van der Waals surface area contributed by atoms with Gasteiger partial charge in [-0.3, -0.25) is 9.59 Å². The second-order valence-corrected chi connectivity index (χ2v) is 20.5. The standard InChI is InChI=1S/C46H76O18/c1-22-36(49)40(56-11)37(50)41(59-22)64-39-24(3)58-35(20-31(39)55-10)63-38-23(2)57-34(19-30(38)54-9)62-29-13-14-42(7)28(18-29)12-15-45(52)32(42)21-33(61-27(6)48)43(8)44(51,16-17-46(43,45)53)25(4)60-26(5)47/h22-25,28-41,49-53H,12-21H2,1-11H3. The zero-order valence-corrected chi connectivity index (χ0v) is 39.5. The maximum atomic E-state index is 12.9. The smallest absolute Gasteiger partial charge is 0.302 e. The minimum absolute atomic E-state index is 0.0432. The first-order chi connectivity index (χ1) is 30.0. The van der Waals surface area contributed by atoms with Crippen LogP contribution in [0.3, 0.4) is 0 Å². The molecule has 0 aromatic rings. The predicted octanol–water partition coefficient (Wildman–Crippen LogP) is 2.42. The molecule has 368 valence electrons. The number of carbonyl (C=O) groups is 2. The van der Waals surface area contributed by atoms with Gasteiger partial charge in [0, 0.05) is 48.0 Å². The maximum Gasteiger partial charge on any atom is 0.302 e. The van der Waals surface area contributed by atoms with E-state index in [4.69, 9.17) is 52.1 Å². The number of methoxy groups -OCH3 is 3. The minimum Gasteiger partial charge on any atom is -0.462 e. The van der Waals surface area contributed by atoms with Crippen molar-refractivity contribution in [1.82, 2.24) is 0 Å². The van der Waals surface area contributed by atoms with Crippen molar-refractivity contribution in [2.24, 2.45) is 22.7 Å². The number of ether oxygens (including phenoxy) is 11. The molecule has 23 atom stereocenters. The Labute approximate surface area is 377 Å². The van der Waals surface area contributed by atoms with Gasteiger partial charge in [-0.2, -0.15) is 0 Å². The van der Waals surface area contributed by atoms with Crippen LogP contribution in [-0.2, 0) is 61.7 Å². The van der Waals surface area contributed by atoms with Crippen molar-refractivity contribution in [1.29, 1.82) is 0 Å². The number of fused-ring (bicyclic) bond motifs is 5. The fraction of sp³-hybridized carbons (Fsp3) is 0.957. The molecule has 0 radical (unpaired) electrons. The number of esters is 2. The molecule has 3 aliphatic heterocycles. The van der Waals surface area contributed by atoms with Crippen LogP contribution < -0.4 is 0 Å². The van der Waals surface area contributed by atoms with Crippen LogP contribution in [0.15, 0.2) is 0 Å². The number of carbonyl (C=O) groups excluding carboxylic acids is 2. The summed E-state index contributed by atoms with van der Waals surface area (Å²) in [4.78, 5) is 24.7. The lowest BCUT2D eigenvalue weighted by molar-refractivity contribution is -0.353. The van der Waals surface area contributed by atoms with E-state index in [0.29, 0.717) is 38.5 Å². The quantitative estimate of drug-likeness (QED) is 0.140. The Morgan fingerprint density at radius 2 is 1.28 bits per heavy atom. The lowest BCUT2D eigenvalue weighted by Crippen LogP contribution is -2.79. The number of hydrogen-bond donors (Lipinski definition) is 5. The molecule has 0 bridgehead atoms. The van der Waals surface area contributed by atoms with Crippen LogP contribution in [-0.4, -0.2) is 174 Å². The summed E-state index contributed by atoms with van der Waals surface area (Å²) in [5.74, 6) is -1.50. The monoisotopic (exact) mass is 917 g/mol. The van der Waals surface area contributed by atoms with Crippen molar-refractivity contribution in [3.05, 3.63) is 0 Å². The highest BCUT2D eigenvalue weighted by atomic mass is 16.8. The molecular formula is C46H76O18. The van der Waals surface area contributed by atoms with E-state index in [1.807, 2.05) is 13.8 Å². The average Bonchev–Trinajstić information content (AvgIpc) is 3.46. The Bertz CT molecular complexity index is 1650. The summed E-state index contributed by atoms with van der Waals surface area (Å²) < 4.78 is 66.9. The van der Waals surface area contributed by atoms with Gasteiger partial charge >= 0.3 is 11.9 Å². The summed E-state index contributed by atoms with van der Waals surface area (Å²) in [5, 5.41) is 59.5. The zero-order valence-electron chi connectivity index (χ0n) is 39.5. The Balaban J connectivity index is 0.983. The summed E-state index contributed by atoms with van der Waals surface area (Å²) in [7, 11) is 4.62. The van der Waals surface area contributed by atoms with Gasteiger partial charge in [0.15, 0.2) is 18.9 Å². The molecular weight excluding hydrogens is 840 g/mol. The zero-order chi connectivity index (χ0) is 46.9. The van der Waals surface area contributed by atoms with Crippen molar-refractivity contribution in [3.8, 4) is 0 Å². The number of rotatable bonds is 12. The predicted molar refractivity (Wildman–Crippen MR) is 223 cm³/mol. The summed E-state index contributed by atoms with van der Waals surface area (Å²) in [6.45, 7) is 13.4. The second-order valence-electron chi connectivity index (χ2n) is 20.5. The van der Waals surface area contributed by atoms with E-state index in [9.17, 15) is 35.1 Å². The second kappa shape index (κ2) is 18.7. The summed E-state index contributed by atoms with van der Waals surface area (Å²) in [5.41, 5.74) is -7.24. The van der Waals surface area contributed by atoms with E-state index >= 15 is 0 Å². The molecule has 4 saturated carbocycles. The molecule has 0 amide bonds. The topological polar surface area (TPSA) is 237 Å². The van der Waals surface area contributed by atoms with Crippen LogP contribution in [0, 0.1) is 22.7 Å². The first-order valence-electron chi connectivity index (χ1n) is 23.4.